The Morgan fingerprint density at radius 2 is 1.93 bits per heavy atom. The summed E-state index contributed by atoms with van der Waals surface area (Å²) in [4.78, 5) is 8.24. The summed E-state index contributed by atoms with van der Waals surface area (Å²) in [5, 5.41) is 4.77. The standard InChI is InChI=1S/C19H16Cl2N6O2S/c1-26(10-13-3-2-4-16(20)18(13)21)30(28,29)15-7-14(8-23-9-15)12-5-6-17-24-19(22)25-27(17)11-12/h2-9,11H,10H2,1H3,(H2,22,25). The van der Waals surface area contributed by atoms with Crippen LogP contribution in [-0.2, 0) is 16.6 Å². The third-order valence-corrected chi connectivity index (χ3v) is 7.15. The lowest BCUT2D eigenvalue weighted by atomic mass is 10.1. The molecule has 0 atom stereocenters. The van der Waals surface area contributed by atoms with E-state index in [0.717, 1.165) is 5.56 Å². The van der Waals surface area contributed by atoms with Crippen LogP contribution in [0.15, 0.2) is 59.9 Å². The lowest BCUT2D eigenvalue weighted by Crippen LogP contribution is -2.26. The van der Waals surface area contributed by atoms with Gasteiger partial charge in [-0.05, 0) is 29.8 Å². The molecule has 0 fully saturated rings. The van der Waals surface area contributed by atoms with Crippen molar-refractivity contribution in [3.05, 3.63) is 70.6 Å². The molecule has 3 heterocycles. The van der Waals surface area contributed by atoms with Gasteiger partial charge in [-0.2, -0.15) is 9.29 Å². The zero-order valence-corrected chi connectivity index (χ0v) is 18.0. The number of fused-ring (bicyclic) bond motifs is 1. The lowest BCUT2D eigenvalue weighted by Gasteiger charge is -2.18. The van der Waals surface area contributed by atoms with Gasteiger partial charge in [0.25, 0.3) is 0 Å². The smallest absolute Gasteiger partial charge is 0.244 e. The van der Waals surface area contributed by atoms with E-state index in [-0.39, 0.29) is 17.4 Å². The molecule has 0 spiro atoms. The molecule has 2 N–H and O–H groups in total. The average Bonchev–Trinajstić information content (AvgIpc) is 3.10. The van der Waals surface area contributed by atoms with Gasteiger partial charge >= 0.3 is 0 Å². The van der Waals surface area contributed by atoms with E-state index in [1.54, 1.807) is 48.8 Å². The van der Waals surface area contributed by atoms with Crippen molar-refractivity contribution < 1.29 is 8.42 Å². The van der Waals surface area contributed by atoms with Crippen LogP contribution in [0.3, 0.4) is 0 Å². The topological polar surface area (TPSA) is 106 Å². The van der Waals surface area contributed by atoms with Crippen molar-refractivity contribution in [3.63, 3.8) is 0 Å². The van der Waals surface area contributed by atoms with E-state index in [4.69, 9.17) is 28.9 Å². The minimum absolute atomic E-state index is 0.0545. The fourth-order valence-electron chi connectivity index (χ4n) is 2.96. The van der Waals surface area contributed by atoms with Gasteiger partial charge in [0.15, 0.2) is 5.65 Å². The number of halogens is 2. The minimum Gasteiger partial charge on any atom is -0.366 e. The molecule has 0 aliphatic carbocycles. The number of sulfonamides is 1. The molecular weight excluding hydrogens is 447 g/mol. The second-order valence-electron chi connectivity index (χ2n) is 6.57. The Kier molecular flexibility index (Phi) is 5.37. The number of benzene rings is 1. The van der Waals surface area contributed by atoms with Crippen LogP contribution in [0.2, 0.25) is 10.0 Å². The highest BCUT2D eigenvalue weighted by molar-refractivity contribution is 7.89. The second-order valence-corrected chi connectivity index (χ2v) is 9.40. The van der Waals surface area contributed by atoms with Crippen molar-refractivity contribution in [1.29, 1.82) is 0 Å². The van der Waals surface area contributed by atoms with Crippen LogP contribution < -0.4 is 5.73 Å². The minimum atomic E-state index is -3.82. The first-order valence-electron chi connectivity index (χ1n) is 8.72. The summed E-state index contributed by atoms with van der Waals surface area (Å²) in [7, 11) is -2.35. The number of nitrogens with zero attached hydrogens (tertiary/aromatic N) is 5. The monoisotopic (exact) mass is 462 g/mol. The number of anilines is 1. The van der Waals surface area contributed by atoms with Gasteiger partial charge in [-0.3, -0.25) is 4.98 Å². The van der Waals surface area contributed by atoms with Crippen molar-refractivity contribution >= 4 is 44.8 Å². The molecule has 30 heavy (non-hydrogen) atoms. The molecule has 3 aromatic heterocycles. The molecule has 0 aliphatic heterocycles. The van der Waals surface area contributed by atoms with Crippen LogP contribution in [0.5, 0.6) is 0 Å². The van der Waals surface area contributed by atoms with Gasteiger partial charge in [0.1, 0.15) is 4.90 Å². The van der Waals surface area contributed by atoms with Gasteiger partial charge in [0.05, 0.1) is 10.0 Å². The molecule has 1 aromatic carbocycles. The molecule has 0 aliphatic rings. The lowest BCUT2D eigenvalue weighted by molar-refractivity contribution is 0.466. The van der Waals surface area contributed by atoms with E-state index in [2.05, 4.69) is 15.1 Å². The van der Waals surface area contributed by atoms with Gasteiger partial charge in [0.2, 0.25) is 16.0 Å². The van der Waals surface area contributed by atoms with Crippen LogP contribution in [0, 0.1) is 0 Å². The zero-order chi connectivity index (χ0) is 21.5. The maximum Gasteiger partial charge on any atom is 0.244 e. The van der Waals surface area contributed by atoms with E-state index < -0.39 is 10.0 Å². The molecule has 11 heteroatoms. The highest BCUT2D eigenvalue weighted by atomic mass is 35.5. The Hall–Kier alpha value is -2.72. The largest absolute Gasteiger partial charge is 0.366 e. The Balaban J connectivity index is 1.66. The van der Waals surface area contributed by atoms with Crippen molar-refractivity contribution in [1.82, 2.24) is 23.9 Å². The maximum absolute atomic E-state index is 13.1. The van der Waals surface area contributed by atoms with Crippen molar-refractivity contribution in [3.8, 4) is 11.1 Å². The van der Waals surface area contributed by atoms with Crippen LogP contribution in [0.25, 0.3) is 16.8 Å². The zero-order valence-electron chi connectivity index (χ0n) is 15.7. The molecule has 4 rings (SSSR count). The van der Waals surface area contributed by atoms with Gasteiger partial charge in [-0.25, -0.2) is 12.9 Å². The predicted molar refractivity (Wildman–Crippen MR) is 116 cm³/mol. The first-order valence-corrected chi connectivity index (χ1v) is 10.9. The van der Waals surface area contributed by atoms with Gasteiger partial charge in [-0.15, -0.1) is 5.10 Å². The number of nitrogen functional groups attached to an aromatic ring is 1. The Labute approximate surface area is 182 Å². The predicted octanol–water partition coefficient (Wildman–Crippen LogP) is 3.50. The summed E-state index contributed by atoms with van der Waals surface area (Å²) in [5.41, 5.74) is 8.15. The molecule has 0 saturated carbocycles. The van der Waals surface area contributed by atoms with Gasteiger partial charge in [-0.1, -0.05) is 35.3 Å². The van der Waals surface area contributed by atoms with E-state index in [1.165, 1.54) is 22.1 Å². The fraction of sp³-hybridized carbons (Fsp3) is 0.105. The highest BCUT2D eigenvalue weighted by Gasteiger charge is 2.23. The second kappa shape index (κ2) is 7.84. The fourth-order valence-corrected chi connectivity index (χ4v) is 4.48. The highest BCUT2D eigenvalue weighted by Crippen LogP contribution is 2.28. The summed E-state index contributed by atoms with van der Waals surface area (Å²) in [6.07, 6.45) is 4.59. The SMILES string of the molecule is CN(Cc1cccc(Cl)c1Cl)S(=O)(=O)c1cncc(-c2ccc3nc(N)nn3c2)c1. The van der Waals surface area contributed by atoms with Crippen LogP contribution in [-0.4, -0.2) is 39.4 Å². The van der Waals surface area contributed by atoms with Gasteiger partial charge < -0.3 is 5.73 Å². The van der Waals surface area contributed by atoms with E-state index in [9.17, 15) is 8.42 Å². The van der Waals surface area contributed by atoms with E-state index in [0.29, 0.717) is 26.8 Å². The number of aromatic nitrogens is 4. The normalized spacial score (nSPS) is 12.0. The number of hydrogen-bond acceptors (Lipinski definition) is 6. The molecule has 0 unspecified atom stereocenters. The molecule has 8 nitrogen and oxygen atoms in total. The summed E-state index contributed by atoms with van der Waals surface area (Å²) in [6.45, 7) is 0.0656. The number of pyridine rings is 2. The number of hydrogen-bond donors (Lipinski definition) is 1. The van der Waals surface area contributed by atoms with Crippen LogP contribution in [0.1, 0.15) is 5.56 Å². The molecule has 0 bridgehead atoms. The first kappa shape index (κ1) is 20.5. The maximum atomic E-state index is 13.1. The van der Waals surface area contributed by atoms with Crippen molar-refractivity contribution in [2.45, 2.75) is 11.4 Å². The third-order valence-electron chi connectivity index (χ3n) is 4.53. The molecule has 0 amide bonds. The average molecular weight is 463 g/mol. The molecule has 154 valence electrons. The van der Waals surface area contributed by atoms with E-state index in [1.807, 2.05) is 0 Å². The Morgan fingerprint density at radius 3 is 2.73 bits per heavy atom. The van der Waals surface area contributed by atoms with E-state index >= 15 is 0 Å². The number of nitrogens with two attached hydrogens (primary N) is 1. The molecule has 0 radical (unpaired) electrons. The summed E-state index contributed by atoms with van der Waals surface area (Å²) in [5.74, 6) is 0.155. The molecular formula is C19H16Cl2N6O2S. The van der Waals surface area contributed by atoms with Crippen LogP contribution >= 0.6 is 23.2 Å². The van der Waals surface area contributed by atoms with Crippen molar-refractivity contribution in [2.24, 2.45) is 0 Å². The summed E-state index contributed by atoms with van der Waals surface area (Å²) < 4.78 is 28.9. The quantitative estimate of drug-likeness (QED) is 0.486. The summed E-state index contributed by atoms with van der Waals surface area (Å²) >= 11 is 12.2. The Bertz CT molecular complexity index is 1360. The Morgan fingerprint density at radius 1 is 1.13 bits per heavy atom. The van der Waals surface area contributed by atoms with Crippen molar-refractivity contribution in [2.75, 3.05) is 12.8 Å². The van der Waals surface area contributed by atoms with Crippen LogP contribution in [0.4, 0.5) is 5.95 Å². The first-order chi connectivity index (χ1) is 14.3. The summed E-state index contributed by atoms with van der Waals surface area (Å²) in [6, 6.07) is 10.2. The third kappa shape index (κ3) is 3.84. The molecule has 4 aromatic rings. The van der Waals surface area contributed by atoms with Gasteiger partial charge in [0, 0.05) is 43.3 Å². The molecule has 0 saturated heterocycles. The number of rotatable bonds is 5.